The minimum Gasteiger partial charge on any atom is -0.462 e. The van der Waals surface area contributed by atoms with Crippen molar-refractivity contribution in [2.75, 3.05) is 27.9 Å². The molecule has 0 amide bonds. The fraction of sp³-hybridized carbons (Fsp3) is 0.588. The first-order chi connectivity index (χ1) is 12.6. The quantitative estimate of drug-likeness (QED) is 0.129. The van der Waals surface area contributed by atoms with Gasteiger partial charge in [-0.15, -0.1) is 6.58 Å². The molecule has 0 aliphatic carbocycles. The van der Waals surface area contributed by atoms with Crippen molar-refractivity contribution in [1.82, 2.24) is 0 Å². The molecule has 0 aromatic heterocycles. The van der Waals surface area contributed by atoms with Gasteiger partial charge in [-0.25, -0.2) is 4.79 Å². The summed E-state index contributed by atoms with van der Waals surface area (Å²) < 4.78 is 25.1. The van der Waals surface area contributed by atoms with Gasteiger partial charge in [0.1, 0.15) is 0 Å². The Labute approximate surface area is 164 Å². The molecule has 1 rings (SSSR count). The largest absolute Gasteiger partial charge is 0.500 e. The standard InChI is InChI=1S/C10H20O5Si.C7H10O3Si/c1-9(2)10(11)15-7-6-8-16(12-3,13-4)14-5;1-2-3-7(11)4-5(8)10-6(7)9/h1,6-8H2,2-5H3;2H,1,3-4H2,11H3. The number of carbonyl (C=O) groups is 3. The molecule has 0 N–H and O–H groups in total. The first-order valence-corrected chi connectivity index (χ1v) is 11.4. The Morgan fingerprint density at radius 3 is 2.22 bits per heavy atom. The maximum absolute atomic E-state index is 11.1. The molecule has 1 heterocycles. The molecule has 1 aliphatic rings. The summed E-state index contributed by atoms with van der Waals surface area (Å²) in [4.78, 5) is 32.8. The van der Waals surface area contributed by atoms with Crippen LogP contribution < -0.4 is 0 Å². The lowest BCUT2D eigenvalue weighted by Gasteiger charge is -2.24. The Bertz CT molecular complexity index is 551. The molecular weight excluding hydrogens is 388 g/mol. The van der Waals surface area contributed by atoms with Crippen molar-refractivity contribution >= 4 is 37.0 Å². The van der Waals surface area contributed by atoms with Gasteiger partial charge in [-0.1, -0.05) is 12.7 Å². The number of cyclic esters (lactones) is 2. The summed E-state index contributed by atoms with van der Waals surface area (Å²) in [5, 5.41) is -0.515. The summed E-state index contributed by atoms with van der Waals surface area (Å²) in [6, 6.07) is 0.611. The van der Waals surface area contributed by atoms with Gasteiger partial charge in [-0.05, 0) is 19.8 Å². The van der Waals surface area contributed by atoms with Gasteiger partial charge in [0, 0.05) is 43.2 Å². The smallest absolute Gasteiger partial charge is 0.462 e. The van der Waals surface area contributed by atoms with Crippen molar-refractivity contribution in [1.29, 1.82) is 0 Å². The van der Waals surface area contributed by atoms with E-state index in [2.05, 4.69) is 17.9 Å². The van der Waals surface area contributed by atoms with Crippen LogP contribution >= 0.6 is 0 Å². The topological polar surface area (TPSA) is 97.4 Å². The summed E-state index contributed by atoms with van der Waals surface area (Å²) in [5.74, 6) is -1.14. The van der Waals surface area contributed by atoms with Crippen molar-refractivity contribution in [3.05, 3.63) is 24.8 Å². The number of hydrogen-bond donors (Lipinski definition) is 0. The van der Waals surface area contributed by atoms with E-state index in [9.17, 15) is 14.4 Å². The molecule has 0 bridgehead atoms. The SMILES string of the molecule is C=C(C)C(=O)OCCC[Si](OC)(OC)OC.C=CCC1([SiH3])CC(=O)OC1=O. The Morgan fingerprint density at radius 1 is 1.30 bits per heavy atom. The molecule has 8 nitrogen and oxygen atoms in total. The van der Waals surface area contributed by atoms with Crippen molar-refractivity contribution in [2.45, 2.75) is 37.3 Å². The zero-order chi connectivity index (χ0) is 21.1. The Kier molecular flexibility index (Phi) is 11.3. The molecule has 1 fully saturated rings. The average molecular weight is 419 g/mol. The maximum Gasteiger partial charge on any atom is 0.500 e. The van der Waals surface area contributed by atoms with E-state index in [0.717, 1.165) is 0 Å². The van der Waals surface area contributed by atoms with Gasteiger partial charge in [-0.2, -0.15) is 0 Å². The molecular formula is C17H30O8Si2. The van der Waals surface area contributed by atoms with Crippen LogP contribution in [0.5, 0.6) is 0 Å². The lowest BCUT2D eigenvalue weighted by molar-refractivity contribution is -0.152. The van der Waals surface area contributed by atoms with Gasteiger partial charge in [0.25, 0.3) is 0 Å². The van der Waals surface area contributed by atoms with Gasteiger partial charge in [0.15, 0.2) is 0 Å². The Balaban J connectivity index is 0.000000533. The summed E-state index contributed by atoms with van der Waals surface area (Å²) in [5.41, 5.74) is 0.397. The molecule has 0 radical (unpaired) electrons. The van der Waals surface area contributed by atoms with E-state index in [-0.39, 0.29) is 18.4 Å². The molecule has 154 valence electrons. The third kappa shape index (κ3) is 8.31. The van der Waals surface area contributed by atoms with Gasteiger partial charge in [0.05, 0.1) is 18.1 Å². The van der Waals surface area contributed by atoms with Crippen LogP contribution in [-0.2, 0) is 37.1 Å². The first-order valence-electron chi connectivity index (χ1n) is 8.43. The molecule has 1 unspecified atom stereocenters. The molecule has 1 saturated heterocycles. The predicted molar refractivity (Wildman–Crippen MR) is 105 cm³/mol. The summed E-state index contributed by atoms with van der Waals surface area (Å²) in [6.07, 6.45) is 3.10. The van der Waals surface area contributed by atoms with Gasteiger partial charge in [0.2, 0.25) is 0 Å². The van der Waals surface area contributed by atoms with Crippen molar-refractivity contribution < 1.29 is 37.1 Å². The zero-order valence-corrected chi connectivity index (χ0v) is 19.8. The third-order valence-electron chi connectivity index (χ3n) is 3.97. The molecule has 27 heavy (non-hydrogen) atoms. The number of hydrogen-bond acceptors (Lipinski definition) is 8. The number of esters is 3. The highest BCUT2D eigenvalue weighted by atomic mass is 28.4. The van der Waals surface area contributed by atoms with Crippen LogP contribution in [0.25, 0.3) is 0 Å². The normalized spacial score (nSPS) is 19.1. The van der Waals surface area contributed by atoms with E-state index >= 15 is 0 Å². The van der Waals surface area contributed by atoms with E-state index in [1.165, 1.54) is 0 Å². The van der Waals surface area contributed by atoms with Gasteiger partial charge >= 0.3 is 26.7 Å². The molecule has 10 heteroatoms. The minimum absolute atomic E-state index is 0.240. The van der Waals surface area contributed by atoms with Gasteiger partial charge in [-0.3, -0.25) is 9.59 Å². The van der Waals surface area contributed by atoms with Gasteiger partial charge < -0.3 is 22.8 Å². The minimum atomic E-state index is -2.53. The number of allylic oxidation sites excluding steroid dienone is 1. The lowest BCUT2D eigenvalue weighted by atomic mass is 10.0. The monoisotopic (exact) mass is 418 g/mol. The summed E-state index contributed by atoms with van der Waals surface area (Å²) in [6.45, 7) is 8.95. The van der Waals surface area contributed by atoms with Crippen LogP contribution in [0.3, 0.4) is 0 Å². The van der Waals surface area contributed by atoms with Crippen LogP contribution in [0.4, 0.5) is 0 Å². The van der Waals surface area contributed by atoms with E-state index in [0.29, 0.717) is 41.3 Å². The molecule has 1 atom stereocenters. The van der Waals surface area contributed by atoms with Crippen LogP contribution in [0, 0.1) is 0 Å². The second-order valence-corrected chi connectivity index (χ2v) is 11.3. The average Bonchev–Trinajstić information content (AvgIpc) is 2.88. The summed E-state index contributed by atoms with van der Waals surface area (Å²) >= 11 is 0. The highest BCUT2D eigenvalue weighted by Crippen LogP contribution is 2.38. The number of carbonyl (C=O) groups excluding carboxylic acids is 3. The molecule has 0 aromatic carbocycles. The maximum atomic E-state index is 11.1. The highest BCUT2D eigenvalue weighted by Gasteiger charge is 2.43. The zero-order valence-electron chi connectivity index (χ0n) is 16.8. The fourth-order valence-corrected chi connectivity index (χ4v) is 4.63. The number of rotatable bonds is 10. The van der Waals surface area contributed by atoms with Crippen LogP contribution in [-0.4, -0.2) is 64.9 Å². The Morgan fingerprint density at radius 2 is 1.85 bits per heavy atom. The Hall–Kier alpha value is -1.60. The van der Waals surface area contributed by atoms with Crippen molar-refractivity contribution in [2.24, 2.45) is 0 Å². The summed E-state index contributed by atoms with van der Waals surface area (Å²) in [7, 11) is 2.78. The van der Waals surface area contributed by atoms with Crippen molar-refractivity contribution in [3.8, 4) is 0 Å². The predicted octanol–water partition coefficient (Wildman–Crippen LogP) is 0.934. The lowest BCUT2D eigenvalue weighted by Crippen LogP contribution is -2.42. The molecule has 0 aromatic rings. The third-order valence-corrected chi connectivity index (χ3v) is 7.97. The molecule has 0 spiro atoms. The number of ether oxygens (including phenoxy) is 2. The van der Waals surface area contributed by atoms with E-state index < -0.39 is 19.8 Å². The van der Waals surface area contributed by atoms with E-state index in [1.807, 2.05) is 0 Å². The van der Waals surface area contributed by atoms with Crippen LogP contribution in [0.2, 0.25) is 11.1 Å². The van der Waals surface area contributed by atoms with Crippen LogP contribution in [0.15, 0.2) is 24.8 Å². The van der Waals surface area contributed by atoms with Crippen molar-refractivity contribution in [3.63, 3.8) is 0 Å². The van der Waals surface area contributed by atoms with E-state index in [1.54, 1.807) is 34.3 Å². The molecule has 0 saturated carbocycles. The van der Waals surface area contributed by atoms with E-state index in [4.69, 9.17) is 18.0 Å². The second kappa shape index (κ2) is 12.0. The second-order valence-electron chi connectivity index (χ2n) is 6.31. The molecule has 1 aliphatic heterocycles. The fourth-order valence-electron chi connectivity index (χ4n) is 2.26. The highest BCUT2D eigenvalue weighted by molar-refractivity contribution is 6.60. The first kappa shape index (κ1) is 25.4. The van der Waals surface area contributed by atoms with Crippen LogP contribution in [0.1, 0.15) is 26.2 Å².